The van der Waals surface area contributed by atoms with Gasteiger partial charge in [0, 0.05) is 19.2 Å². The van der Waals surface area contributed by atoms with E-state index in [1.165, 1.54) is 18.3 Å². The zero-order valence-electron chi connectivity index (χ0n) is 16.7. The maximum absolute atomic E-state index is 12.6. The van der Waals surface area contributed by atoms with Crippen LogP contribution in [0, 0.1) is 0 Å². The number of amides is 1. The van der Waals surface area contributed by atoms with Crippen LogP contribution >= 0.6 is 11.8 Å². The second kappa shape index (κ2) is 10.6. The zero-order chi connectivity index (χ0) is 21.4. The van der Waals surface area contributed by atoms with Crippen molar-refractivity contribution in [2.45, 2.75) is 33.2 Å². The summed E-state index contributed by atoms with van der Waals surface area (Å²) in [6.07, 6.45) is 5.99. The Bertz CT molecular complexity index is 859. The first kappa shape index (κ1) is 22.4. The van der Waals surface area contributed by atoms with E-state index in [0.29, 0.717) is 6.54 Å². The Morgan fingerprint density at radius 2 is 2.14 bits per heavy atom. The molecule has 0 radical (unpaired) electrons. The third-order valence-electron chi connectivity index (χ3n) is 3.89. The number of thioether (sulfide) groups is 1. The summed E-state index contributed by atoms with van der Waals surface area (Å²) in [7, 11) is 1.23. The second-order valence-corrected chi connectivity index (χ2v) is 6.93. The molecule has 1 aliphatic rings. The van der Waals surface area contributed by atoms with E-state index in [1.54, 1.807) is 17.6 Å². The van der Waals surface area contributed by atoms with Gasteiger partial charge in [-0.05, 0) is 25.1 Å². The average Bonchev–Trinajstić information content (AvgIpc) is 3.23. The third-order valence-corrected chi connectivity index (χ3v) is 4.90. The number of carbonyl (C=O) groups excluding carboxylic acids is 3. The molecular weight excluding hydrogens is 396 g/mol. The van der Waals surface area contributed by atoms with E-state index in [-0.39, 0.29) is 34.7 Å². The van der Waals surface area contributed by atoms with Gasteiger partial charge in [0.1, 0.15) is 0 Å². The number of amidine groups is 1. The van der Waals surface area contributed by atoms with Crippen LogP contribution < -0.4 is 0 Å². The van der Waals surface area contributed by atoms with Crippen LogP contribution in [0.5, 0.6) is 0 Å². The summed E-state index contributed by atoms with van der Waals surface area (Å²) in [5, 5.41) is 0.288. The number of esters is 2. The van der Waals surface area contributed by atoms with Crippen LogP contribution in [0.25, 0.3) is 0 Å². The number of unbranched alkanes of at least 4 members (excludes halogenated alkanes) is 1. The number of ether oxygens (including phenoxy) is 2. The summed E-state index contributed by atoms with van der Waals surface area (Å²) in [5.74, 6) is -1.42. The molecular formula is C19H24N4O5S. The SMILES string of the molecule is C=CCN1C(=O)/C(=C\C(=O)OC)S/C1=N\c1ncn(CCCC)c1C(=O)OCC. The van der Waals surface area contributed by atoms with Gasteiger partial charge in [-0.15, -0.1) is 6.58 Å². The Balaban J connectivity index is 2.47. The fraction of sp³-hybridized carbons (Fsp3) is 0.421. The summed E-state index contributed by atoms with van der Waals surface area (Å²) in [4.78, 5) is 46.8. The monoisotopic (exact) mass is 420 g/mol. The Hall–Kier alpha value is -2.88. The molecule has 0 saturated carbocycles. The van der Waals surface area contributed by atoms with E-state index in [9.17, 15) is 14.4 Å². The minimum absolute atomic E-state index is 0.156. The molecule has 156 valence electrons. The minimum atomic E-state index is -0.642. The van der Waals surface area contributed by atoms with Crippen molar-refractivity contribution in [1.29, 1.82) is 0 Å². The molecule has 0 spiro atoms. The zero-order valence-corrected chi connectivity index (χ0v) is 17.5. The van der Waals surface area contributed by atoms with Gasteiger partial charge < -0.3 is 14.0 Å². The van der Waals surface area contributed by atoms with Crippen LogP contribution in [0.3, 0.4) is 0 Å². The lowest BCUT2D eigenvalue weighted by Gasteiger charge is -2.12. The fourth-order valence-corrected chi connectivity index (χ4v) is 3.45. The molecule has 0 bridgehead atoms. The topological polar surface area (TPSA) is 103 Å². The molecule has 2 heterocycles. The van der Waals surface area contributed by atoms with Crippen molar-refractivity contribution >= 4 is 40.6 Å². The number of rotatable bonds is 9. The van der Waals surface area contributed by atoms with Crippen molar-refractivity contribution in [3.8, 4) is 0 Å². The van der Waals surface area contributed by atoms with Gasteiger partial charge in [0.15, 0.2) is 16.7 Å². The number of methoxy groups -OCH3 is 1. The molecule has 0 unspecified atom stereocenters. The molecule has 9 nitrogen and oxygen atoms in total. The molecule has 1 fully saturated rings. The van der Waals surface area contributed by atoms with Gasteiger partial charge in [0.25, 0.3) is 5.91 Å². The Labute approximate surface area is 173 Å². The van der Waals surface area contributed by atoms with Gasteiger partial charge in [-0.2, -0.15) is 0 Å². The first-order chi connectivity index (χ1) is 14.0. The largest absolute Gasteiger partial charge is 0.466 e. The quantitative estimate of drug-likeness (QED) is 0.344. The molecule has 10 heteroatoms. The van der Waals surface area contributed by atoms with Crippen LogP contribution in [0.2, 0.25) is 0 Å². The van der Waals surface area contributed by atoms with Crippen molar-refractivity contribution in [2.75, 3.05) is 20.3 Å². The van der Waals surface area contributed by atoms with E-state index in [2.05, 4.69) is 21.3 Å². The molecule has 29 heavy (non-hydrogen) atoms. The van der Waals surface area contributed by atoms with Crippen LogP contribution in [0.1, 0.15) is 37.2 Å². The van der Waals surface area contributed by atoms with Gasteiger partial charge in [-0.3, -0.25) is 9.69 Å². The number of hydrogen-bond donors (Lipinski definition) is 0. The fourth-order valence-electron chi connectivity index (χ4n) is 2.50. The van der Waals surface area contributed by atoms with Gasteiger partial charge >= 0.3 is 11.9 Å². The lowest BCUT2D eigenvalue weighted by Crippen LogP contribution is -2.29. The van der Waals surface area contributed by atoms with E-state index in [4.69, 9.17) is 4.74 Å². The highest BCUT2D eigenvalue weighted by atomic mass is 32.2. The van der Waals surface area contributed by atoms with Crippen molar-refractivity contribution in [3.05, 3.63) is 35.7 Å². The minimum Gasteiger partial charge on any atom is -0.466 e. The lowest BCUT2D eigenvalue weighted by molar-refractivity contribution is -0.135. The van der Waals surface area contributed by atoms with Crippen molar-refractivity contribution in [3.63, 3.8) is 0 Å². The normalized spacial score (nSPS) is 16.5. The molecule has 1 saturated heterocycles. The second-order valence-electron chi connectivity index (χ2n) is 5.92. The molecule has 2 rings (SSSR count). The predicted octanol–water partition coefficient (Wildman–Crippen LogP) is 2.67. The first-order valence-electron chi connectivity index (χ1n) is 9.17. The number of carbonyl (C=O) groups is 3. The highest BCUT2D eigenvalue weighted by Gasteiger charge is 2.34. The number of imidazole rings is 1. The molecule has 1 aromatic heterocycles. The summed E-state index contributed by atoms with van der Waals surface area (Å²) in [6.45, 7) is 8.42. The number of aliphatic imine (C=N–C) groups is 1. The maximum Gasteiger partial charge on any atom is 0.358 e. The van der Waals surface area contributed by atoms with E-state index >= 15 is 0 Å². The Morgan fingerprint density at radius 3 is 2.76 bits per heavy atom. The summed E-state index contributed by atoms with van der Waals surface area (Å²) >= 11 is 1.00. The molecule has 0 N–H and O–H groups in total. The standard InChI is InChI=1S/C19H24N4O5S/c1-5-8-10-22-12-20-16(15(22)18(26)28-7-3)21-19-23(9-6-2)17(25)13(29-19)11-14(24)27-4/h6,11-12H,2,5,7-10H2,1,3-4H3/b13-11+,21-19-. The van der Waals surface area contributed by atoms with Crippen LogP contribution in [0.15, 0.2) is 35.0 Å². The number of hydrogen-bond acceptors (Lipinski definition) is 8. The predicted molar refractivity (Wildman–Crippen MR) is 110 cm³/mol. The van der Waals surface area contributed by atoms with Gasteiger partial charge in [0.2, 0.25) is 0 Å². The van der Waals surface area contributed by atoms with Crippen LogP contribution in [0.4, 0.5) is 5.82 Å². The summed E-state index contributed by atoms with van der Waals surface area (Å²) in [5.41, 5.74) is 0.227. The molecule has 0 aromatic carbocycles. The molecule has 1 amide bonds. The van der Waals surface area contributed by atoms with E-state index in [0.717, 1.165) is 30.7 Å². The summed E-state index contributed by atoms with van der Waals surface area (Å²) < 4.78 is 11.4. The maximum atomic E-state index is 12.6. The highest BCUT2D eigenvalue weighted by Crippen LogP contribution is 2.33. The van der Waals surface area contributed by atoms with Crippen molar-refractivity contribution in [1.82, 2.24) is 14.5 Å². The number of aryl methyl sites for hydroxylation is 1. The van der Waals surface area contributed by atoms with Gasteiger partial charge in [0.05, 0.1) is 24.9 Å². The summed E-state index contributed by atoms with van der Waals surface area (Å²) in [6, 6.07) is 0. The third kappa shape index (κ3) is 5.35. The average molecular weight is 420 g/mol. The molecule has 1 aromatic rings. The number of nitrogens with zero attached hydrogens (tertiary/aromatic N) is 4. The van der Waals surface area contributed by atoms with E-state index in [1.807, 2.05) is 6.92 Å². The van der Waals surface area contributed by atoms with Crippen LogP contribution in [-0.2, 0) is 25.6 Å². The number of aromatic nitrogens is 2. The highest BCUT2D eigenvalue weighted by molar-refractivity contribution is 8.18. The van der Waals surface area contributed by atoms with Crippen LogP contribution in [-0.4, -0.2) is 57.7 Å². The first-order valence-corrected chi connectivity index (χ1v) is 9.99. The van der Waals surface area contributed by atoms with E-state index < -0.39 is 17.8 Å². The smallest absolute Gasteiger partial charge is 0.358 e. The van der Waals surface area contributed by atoms with Crippen molar-refractivity contribution < 1.29 is 23.9 Å². The van der Waals surface area contributed by atoms with Gasteiger partial charge in [-0.1, -0.05) is 19.4 Å². The molecule has 1 aliphatic heterocycles. The molecule has 0 aliphatic carbocycles. The van der Waals surface area contributed by atoms with Gasteiger partial charge in [-0.25, -0.2) is 19.6 Å². The Morgan fingerprint density at radius 1 is 1.38 bits per heavy atom. The molecule has 0 atom stereocenters. The Kier molecular flexibility index (Phi) is 8.20. The van der Waals surface area contributed by atoms with Crippen molar-refractivity contribution in [2.24, 2.45) is 4.99 Å². The lowest BCUT2D eigenvalue weighted by atomic mass is 10.3.